The van der Waals surface area contributed by atoms with Crippen molar-refractivity contribution in [2.75, 3.05) is 10.6 Å². The first kappa shape index (κ1) is 18.5. The van der Waals surface area contributed by atoms with E-state index in [2.05, 4.69) is 15.6 Å². The van der Waals surface area contributed by atoms with E-state index in [1.54, 1.807) is 18.2 Å². The molecular weight excluding hydrogens is 383 g/mol. The average molecular weight is 397 g/mol. The van der Waals surface area contributed by atoms with E-state index in [9.17, 15) is 18.0 Å². The molecule has 146 valence electrons. The van der Waals surface area contributed by atoms with Crippen LogP contribution < -0.4 is 10.6 Å². The molecule has 29 heavy (non-hydrogen) atoms. The summed E-state index contributed by atoms with van der Waals surface area (Å²) in [4.78, 5) is 16.6. The summed E-state index contributed by atoms with van der Waals surface area (Å²) >= 11 is 0. The van der Waals surface area contributed by atoms with E-state index >= 15 is 0 Å². The highest BCUT2D eigenvalue weighted by Crippen LogP contribution is 2.34. The number of urea groups is 1. The Balaban J connectivity index is 1.53. The third-order valence-corrected chi connectivity index (χ3v) is 4.15. The third kappa shape index (κ3) is 4.06. The highest BCUT2D eigenvalue weighted by molar-refractivity contribution is 6.01. The molecule has 0 radical (unpaired) electrons. The molecule has 0 aliphatic heterocycles. The molecule has 0 atom stereocenters. The smallest absolute Gasteiger partial charge is 0.418 e. The number of halogens is 3. The number of nitrogens with one attached hydrogen (secondary N) is 2. The first-order valence-electron chi connectivity index (χ1n) is 8.60. The molecule has 2 amide bonds. The second-order valence-electron chi connectivity index (χ2n) is 6.19. The fourth-order valence-electron chi connectivity index (χ4n) is 2.83. The van der Waals surface area contributed by atoms with Gasteiger partial charge in [-0.1, -0.05) is 30.3 Å². The van der Waals surface area contributed by atoms with Gasteiger partial charge < -0.3 is 15.1 Å². The fraction of sp³-hybridized carbons (Fsp3) is 0.0476. The van der Waals surface area contributed by atoms with Crippen LogP contribution in [0.4, 0.5) is 29.3 Å². The van der Waals surface area contributed by atoms with Crippen LogP contribution in [0.1, 0.15) is 5.56 Å². The van der Waals surface area contributed by atoms with E-state index in [1.807, 2.05) is 30.3 Å². The van der Waals surface area contributed by atoms with Crippen molar-refractivity contribution in [2.45, 2.75) is 6.18 Å². The minimum atomic E-state index is -4.57. The standard InChI is InChI=1S/C21H14F3N3O2/c22-21(23,24)15-8-4-5-9-16(15)27-20(28)25-14-10-11-17-18(12-14)29-19(26-17)13-6-2-1-3-7-13/h1-12H,(H2,25,27,28). The summed E-state index contributed by atoms with van der Waals surface area (Å²) in [5.41, 5.74) is 0.947. The van der Waals surface area contributed by atoms with Gasteiger partial charge in [0.05, 0.1) is 11.3 Å². The number of alkyl halides is 3. The maximum atomic E-state index is 13.1. The second-order valence-corrected chi connectivity index (χ2v) is 6.19. The number of oxazole rings is 1. The number of benzene rings is 3. The molecule has 4 aromatic rings. The number of rotatable bonds is 3. The first-order valence-corrected chi connectivity index (χ1v) is 8.60. The third-order valence-electron chi connectivity index (χ3n) is 4.15. The zero-order valence-corrected chi connectivity index (χ0v) is 14.8. The molecule has 1 aromatic heterocycles. The van der Waals surface area contributed by atoms with Crippen molar-refractivity contribution in [3.05, 3.63) is 78.4 Å². The Morgan fingerprint density at radius 2 is 1.62 bits per heavy atom. The largest absolute Gasteiger partial charge is 0.436 e. The fourth-order valence-corrected chi connectivity index (χ4v) is 2.83. The molecule has 0 unspecified atom stereocenters. The van der Waals surface area contributed by atoms with Gasteiger partial charge in [-0.05, 0) is 36.4 Å². The van der Waals surface area contributed by atoms with E-state index in [1.165, 1.54) is 18.2 Å². The Morgan fingerprint density at radius 3 is 2.38 bits per heavy atom. The lowest BCUT2D eigenvalue weighted by atomic mass is 10.1. The number of fused-ring (bicyclic) bond motifs is 1. The molecule has 2 N–H and O–H groups in total. The van der Waals surface area contributed by atoms with Crippen molar-refractivity contribution >= 4 is 28.5 Å². The molecule has 1 heterocycles. The Kier molecular flexibility index (Phi) is 4.67. The molecule has 0 saturated carbocycles. The molecule has 4 rings (SSSR count). The highest BCUT2D eigenvalue weighted by Gasteiger charge is 2.33. The van der Waals surface area contributed by atoms with Gasteiger partial charge in [-0.15, -0.1) is 0 Å². The van der Waals surface area contributed by atoms with Crippen LogP contribution in [-0.4, -0.2) is 11.0 Å². The first-order chi connectivity index (χ1) is 13.9. The van der Waals surface area contributed by atoms with Crippen LogP contribution in [-0.2, 0) is 6.18 Å². The molecule has 0 fully saturated rings. The van der Waals surface area contributed by atoms with Gasteiger partial charge in [-0.3, -0.25) is 0 Å². The molecule has 0 saturated heterocycles. The summed E-state index contributed by atoms with van der Waals surface area (Å²) in [5.74, 6) is 0.432. The zero-order chi connectivity index (χ0) is 20.4. The van der Waals surface area contributed by atoms with Crippen molar-refractivity contribution in [3.63, 3.8) is 0 Å². The number of carbonyl (C=O) groups is 1. The maximum Gasteiger partial charge on any atom is 0.418 e. The summed E-state index contributed by atoms with van der Waals surface area (Å²) < 4.78 is 44.9. The van der Waals surface area contributed by atoms with Crippen molar-refractivity contribution in [3.8, 4) is 11.5 Å². The van der Waals surface area contributed by atoms with Crippen LogP contribution in [0, 0.1) is 0 Å². The van der Waals surface area contributed by atoms with Gasteiger partial charge in [0.25, 0.3) is 0 Å². The molecule has 0 aliphatic carbocycles. The van der Waals surface area contributed by atoms with Gasteiger partial charge in [-0.25, -0.2) is 9.78 Å². The van der Waals surface area contributed by atoms with E-state index in [-0.39, 0.29) is 5.69 Å². The summed E-state index contributed by atoms with van der Waals surface area (Å²) in [6.45, 7) is 0. The van der Waals surface area contributed by atoms with Gasteiger partial charge in [0.15, 0.2) is 5.58 Å². The number of amides is 2. The predicted molar refractivity (Wildman–Crippen MR) is 104 cm³/mol. The SMILES string of the molecule is O=C(Nc1ccc2nc(-c3ccccc3)oc2c1)Nc1ccccc1C(F)(F)F. The summed E-state index contributed by atoms with van der Waals surface area (Å²) in [5, 5.41) is 4.73. The second kappa shape index (κ2) is 7.31. The molecule has 0 bridgehead atoms. The summed E-state index contributed by atoms with van der Waals surface area (Å²) in [6.07, 6.45) is -4.57. The monoisotopic (exact) mass is 397 g/mol. The number of anilines is 2. The number of hydrogen-bond acceptors (Lipinski definition) is 3. The molecule has 8 heteroatoms. The van der Waals surface area contributed by atoms with Crippen LogP contribution in [0.5, 0.6) is 0 Å². The molecule has 0 spiro atoms. The lowest BCUT2D eigenvalue weighted by molar-refractivity contribution is -0.136. The number of hydrogen-bond donors (Lipinski definition) is 2. The van der Waals surface area contributed by atoms with Crippen molar-refractivity contribution < 1.29 is 22.4 Å². The van der Waals surface area contributed by atoms with Crippen LogP contribution >= 0.6 is 0 Å². The molecule has 0 aliphatic rings. The Hall–Kier alpha value is -3.81. The molecule has 3 aromatic carbocycles. The summed E-state index contributed by atoms with van der Waals surface area (Å²) in [7, 11) is 0. The van der Waals surface area contributed by atoms with E-state index in [4.69, 9.17) is 4.42 Å². The molecular formula is C21H14F3N3O2. The number of para-hydroxylation sites is 1. The van der Waals surface area contributed by atoms with Crippen LogP contribution in [0.15, 0.2) is 77.2 Å². The lowest BCUT2D eigenvalue weighted by Crippen LogP contribution is -2.21. The quantitative estimate of drug-likeness (QED) is 0.435. The Bertz CT molecular complexity index is 1170. The number of nitrogens with zero attached hydrogens (tertiary/aromatic N) is 1. The zero-order valence-electron chi connectivity index (χ0n) is 14.8. The maximum absolute atomic E-state index is 13.1. The minimum Gasteiger partial charge on any atom is -0.436 e. The number of aromatic nitrogens is 1. The van der Waals surface area contributed by atoms with Gasteiger partial charge in [0.1, 0.15) is 5.52 Å². The highest BCUT2D eigenvalue weighted by atomic mass is 19.4. The Morgan fingerprint density at radius 1 is 0.897 bits per heavy atom. The molecule has 5 nitrogen and oxygen atoms in total. The van der Waals surface area contributed by atoms with E-state index in [0.717, 1.165) is 11.6 Å². The van der Waals surface area contributed by atoms with Crippen molar-refractivity contribution in [1.82, 2.24) is 4.98 Å². The van der Waals surface area contributed by atoms with Crippen LogP contribution in [0.3, 0.4) is 0 Å². The average Bonchev–Trinajstić information content (AvgIpc) is 3.11. The lowest BCUT2D eigenvalue weighted by Gasteiger charge is -2.14. The topological polar surface area (TPSA) is 67.2 Å². The predicted octanol–water partition coefficient (Wildman–Crippen LogP) is 6.16. The van der Waals surface area contributed by atoms with Crippen molar-refractivity contribution in [1.29, 1.82) is 0 Å². The van der Waals surface area contributed by atoms with Gasteiger partial charge >= 0.3 is 12.2 Å². The van der Waals surface area contributed by atoms with Gasteiger partial charge in [-0.2, -0.15) is 13.2 Å². The van der Waals surface area contributed by atoms with E-state index in [0.29, 0.717) is 22.7 Å². The normalized spacial score (nSPS) is 11.4. The van der Waals surface area contributed by atoms with Gasteiger partial charge in [0.2, 0.25) is 5.89 Å². The van der Waals surface area contributed by atoms with Crippen molar-refractivity contribution in [2.24, 2.45) is 0 Å². The van der Waals surface area contributed by atoms with Crippen LogP contribution in [0.25, 0.3) is 22.6 Å². The number of carbonyl (C=O) groups excluding carboxylic acids is 1. The minimum absolute atomic E-state index is 0.329. The van der Waals surface area contributed by atoms with Gasteiger partial charge in [0, 0.05) is 17.3 Å². The Labute approximate surface area is 163 Å². The van der Waals surface area contributed by atoms with E-state index < -0.39 is 17.8 Å². The summed E-state index contributed by atoms with van der Waals surface area (Å²) in [6, 6.07) is 18.1. The van der Waals surface area contributed by atoms with Crippen LogP contribution in [0.2, 0.25) is 0 Å².